The van der Waals surface area contributed by atoms with Crippen LogP contribution in [0.15, 0.2) is 36.5 Å². The summed E-state index contributed by atoms with van der Waals surface area (Å²) in [5.41, 5.74) is 0. The van der Waals surface area contributed by atoms with E-state index in [2.05, 4.69) is 22.6 Å². The summed E-state index contributed by atoms with van der Waals surface area (Å²) in [6.07, 6.45) is 10.6. The van der Waals surface area contributed by atoms with Gasteiger partial charge < -0.3 is 4.74 Å². The minimum absolute atomic E-state index is 0.560. The monoisotopic (exact) mass is 321 g/mol. The average molecular weight is 321 g/mol. The Labute approximate surface area is 104 Å². The van der Waals surface area contributed by atoms with Crippen LogP contribution in [0.2, 0.25) is 0 Å². The number of ether oxygens (including phenoxy) is 1. The summed E-state index contributed by atoms with van der Waals surface area (Å²) in [4.78, 5) is 0. The van der Waals surface area contributed by atoms with Crippen molar-refractivity contribution in [3.05, 3.63) is 42.4 Å². The molecule has 1 aliphatic rings. The van der Waals surface area contributed by atoms with Crippen molar-refractivity contribution >= 4 is 22.6 Å². The molecule has 3 heteroatoms. The van der Waals surface area contributed by atoms with E-state index >= 15 is 0 Å². The second kappa shape index (κ2) is 8.05. The van der Waals surface area contributed by atoms with Crippen molar-refractivity contribution in [3.63, 3.8) is 0 Å². The van der Waals surface area contributed by atoms with Crippen LogP contribution in [-0.2, 0) is 4.74 Å². The Bertz CT molecular complexity index is 248. The van der Waals surface area contributed by atoms with E-state index in [0.717, 1.165) is 17.5 Å². The zero-order chi connectivity index (χ0) is 10.9. The van der Waals surface area contributed by atoms with Crippen LogP contribution in [0.3, 0.4) is 0 Å². The highest BCUT2D eigenvalue weighted by Gasteiger charge is 2.14. The summed E-state index contributed by atoms with van der Waals surface area (Å²) in [6, 6.07) is 0. The topological polar surface area (TPSA) is 9.23 Å². The molecule has 1 radical (unpaired) electrons. The number of hydrogen-bond acceptors (Lipinski definition) is 1. The van der Waals surface area contributed by atoms with Gasteiger partial charge in [-0.15, -0.1) is 0 Å². The normalized spacial score (nSPS) is 21.6. The maximum absolute atomic E-state index is 13.2. The zero-order valence-corrected chi connectivity index (χ0v) is 10.7. The highest BCUT2D eigenvalue weighted by molar-refractivity contribution is 14.1. The van der Waals surface area contributed by atoms with Gasteiger partial charge in [0.1, 0.15) is 6.17 Å². The Hall–Kier alpha value is -0.160. The predicted octanol–water partition coefficient (Wildman–Crippen LogP) is 3.42. The van der Waals surface area contributed by atoms with Gasteiger partial charge in [0.05, 0.1) is 12.5 Å². The minimum atomic E-state index is -0.972. The second-order valence-corrected chi connectivity index (χ2v) is 4.24. The number of allylic oxidation sites excluding steroid dienone is 5. The maximum Gasteiger partial charge on any atom is 0.132 e. The van der Waals surface area contributed by atoms with Gasteiger partial charge in [-0.25, -0.2) is 4.39 Å². The fraction of sp³-hybridized carbons (Fsp3) is 0.417. The third-order valence-electron chi connectivity index (χ3n) is 1.94. The van der Waals surface area contributed by atoms with Gasteiger partial charge in [0.2, 0.25) is 0 Å². The van der Waals surface area contributed by atoms with Crippen LogP contribution in [0, 0.1) is 5.92 Å². The molecule has 1 unspecified atom stereocenters. The summed E-state index contributed by atoms with van der Waals surface area (Å²) < 4.78 is 19.7. The Morgan fingerprint density at radius 1 is 1.47 bits per heavy atom. The van der Waals surface area contributed by atoms with Gasteiger partial charge >= 0.3 is 0 Å². The van der Waals surface area contributed by atoms with Crippen LogP contribution in [-0.4, -0.2) is 23.8 Å². The SMILES string of the molecule is FC1C=CC=C[C]1/C=C/COCCCI. The first kappa shape index (κ1) is 12.9. The average Bonchev–Trinajstić information content (AvgIpc) is 2.25. The molecule has 0 aromatic carbocycles. The van der Waals surface area contributed by atoms with Crippen molar-refractivity contribution in [2.75, 3.05) is 17.6 Å². The highest BCUT2D eigenvalue weighted by atomic mass is 127. The molecule has 0 aliphatic heterocycles. The molecule has 0 aromatic rings. The largest absolute Gasteiger partial charge is 0.377 e. The Morgan fingerprint density at radius 2 is 2.33 bits per heavy atom. The van der Waals surface area contributed by atoms with E-state index in [1.807, 2.05) is 12.2 Å². The van der Waals surface area contributed by atoms with Crippen LogP contribution in [0.25, 0.3) is 0 Å². The molecule has 0 N–H and O–H groups in total. The molecule has 0 heterocycles. The fourth-order valence-corrected chi connectivity index (χ4v) is 1.48. The molecule has 0 fully saturated rings. The lowest BCUT2D eigenvalue weighted by atomic mass is 9.98. The van der Waals surface area contributed by atoms with Crippen LogP contribution >= 0.6 is 22.6 Å². The van der Waals surface area contributed by atoms with Gasteiger partial charge in [-0.2, -0.15) is 0 Å². The third kappa shape index (κ3) is 5.47. The molecule has 0 spiro atoms. The molecule has 1 nitrogen and oxygen atoms in total. The third-order valence-corrected chi connectivity index (χ3v) is 2.71. The van der Waals surface area contributed by atoms with Crippen molar-refractivity contribution in [1.29, 1.82) is 0 Å². The second-order valence-electron chi connectivity index (χ2n) is 3.17. The summed E-state index contributed by atoms with van der Waals surface area (Å²) >= 11 is 2.32. The lowest BCUT2D eigenvalue weighted by Crippen LogP contribution is -2.08. The van der Waals surface area contributed by atoms with E-state index in [4.69, 9.17) is 4.74 Å². The maximum atomic E-state index is 13.2. The number of alkyl halides is 2. The van der Waals surface area contributed by atoms with Crippen LogP contribution in [0.5, 0.6) is 0 Å². The van der Waals surface area contributed by atoms with Gasteiger partial charge in [0.25, 0.3) is 0 Å². The molecule has 0 saturated heterocycles. The molecule has 15 heavy (non-hydrogen) atoms. The van der Waals surface area contributed by atoms with E-state index in [1.54, 1.807) is 18.2 Å². The molecule has 0 amide bonds. The Balaban J connectivity index is 2.14. The van der Waals surface area contributed by atoms with Crippen molar-refractivity contribution in [2.24, 2.45) is 0 Å². The molecule has 1 aliphatic carbocycles. The molecular formula is C12H15FIO. The lowest BCUT2D eigenvalue weighted by molar-refractivity contribution is 0.164. The van der Waals surface area contributed by atoms with Crippen LogP contribution < -0.4 is 0 Å². The first-order valence-electron chi connectivity index (χ1n) is 5.00. The van der Waals surface area contributed by atoms with E-state index in [9.17, 15) is 4.39 Å². The van der Waals surface area contributed by atoms with Crippen molar-refractivity contribution < 1.29 is 9.13 Å². The molecule has 1 atom stereocenters. The molecule has 0 saturated carbocycles. The Morgan fingerprint density at radius 3 is 3.07 bits per heavy atom. The van der Waals surface area contributed by atoms with Gasteiger partial charge in [-0.1, -0.05) is 53.0 Å². The van der Waals surface area contributed by atoms with Gasteiger partial charge in [-0.3, -0.25) is 0 Å². The first-order chi connectivity index (χ1) is 7.34. The van der Waals surface area contributed by atoms with Crippen LogP contribution in [0.4, 0.5) is 4.39 Å². The molecule has 83 valence electrons. The quantitative estimate of drug-likeness (QED) is 0.414. The van der Waals surface area contributed by atoms with Crippen molar-refractivity contribution in [3.8, 4) is 0 Å². The van der Waals surface area contributed by atoms with Crippen molar-refractivity contribution in [1.82, 2.24) is 0 Å². The summed E-state index contributed by atoms with van der Waals surface area (Å²) in [5, 5.41) is 0. The highest BCUT2D eigenvalue weighted by Crippen LogP contribution is 2.19. The van der Waals surface area contributed by atoms with Gasteiger partial charge in [0.15, 0.2) is 0 Å². The van der Waals surface area contributed by atoms with Gasteiger partial charge in [-0.05, 0) is 12.5 Å². The van der Waals surface area contributed by atoms with Crippen molar-refractivity contribution in [2.45, 2.75) is 12.6 Å². The summed E-state index contributed by atoms with van der Waals surface area (Å²) in [6.45, 7) is 1.34. The summed E-state index contributed by atoms with van der Waals surface area (Å²) in [7, 11) is 0. The van der Waals surface area contributed by atoms with E-state index in [0.29, 0.717) is 12.5 Å². The standard InChI is InChI=1S/C12H15FIO/c13-12-7-2-1-5-11(12)6-3-9-15-10-4-8-14/h1-3,5-7,12H,4,8-10H2/b6-3+. The first-order valence-corrected chi connectivity index (χ1v) is 6.53. The zero-order valence-electron chi connectivity index (χ0n) is 8.53. The molecule has 1 rings (SSSR count). The predicted molar refractivity (Wildman–Crippen MR) is 69.9 cm³/mol. The molecule has 0 aromatic heterocycles. The number of rotatable bonds is 6. The summed E-state index contributed by atoms with van der Waals surface area (Å²) in [5.74, 6) is 0.690. The van der Waals surface area contributed by atoms with Gasteiger partial charge in [0, 0.05) is 11.0 Å². The van der Waals surface area contributed by atoms with E-state index in [-0.39, 0.29) is 0 Å². The number of hydrogen-bond donors (Lipinski definition) is 0. The molecule has 0 bridgehead atoms. The van der Waals surface area contributed by atoms with E-state index in [1.165, 1.54) is 6.08 Å². The number of halogens is 2. The minimum Gasteiger partial charge on any atom is -0.377 e. The van der Waals surface area contributed by atoms with Crippen LogP contribution in [0.1, 0.15) is 6.42 Å². The Kier molecular flexibility index (Phi) is 6.92. The van der Waals surface area contributed by atoms with E-state index < -0.39 is 6.17 Å². The lowest BCUT2D eigenvalue weighted by Gasteiger charge is -2.11. The smallest absolute Gasteiger partial charge is 0.132 e. The fourth-order valence-electron chi connectivity index (χ4n) is 1.17. The molecular weight excluding hydrogens is 306 g/mol.